The zero-order chi connectivity index (χ0) is 21.7. The number of benzene rings is 1. The van der Waals surface area contributed by atoms with E-state index in [0.717, 1.165) is 56.1 Å². The predicted octanol–water partition coefficient (Wildman–Crippen LogP) is 1.35. The summed E-state index contributed by atoms with van der Waals surface area (Å²) in [5, 5.41) is 16.2. The van der Waals surface area contributed by atoms with Crippen LogP contribution in [0.5, 0.6) is 0 Å². The van der Waals surface area contributed by atoms with E-state index in [4.69, 9.17) is 11.1 Å². The van der Waals surface area contributed by atoms with E-state index < -0.39 is 0 Å². The first-order valence-corrected chi connectivity index (χ1v) is 10.5. The van der Waals surface area contributed by atoms with Crippen molar-refractivity contribution in [3.63, 3.8) is 0 Å². The Kier molecular flexibility index (Phi) is 7.36. The van der Waals surface area contributed by atoms with Gasteiger partial charge in [0.15, 0.2) is 0 Å². The van der Waals surface area contributed by atoms with Crippen LogP contribution in [0.15, 0.2) is 36.5 Å². The lowest BCUT2D eigenvalue weighted by Crippen LogP contribution is -2.30. The van der Waals surface area contributed by atoms with Gasteiger partial charge in [-0.25, -0.2) is 0 Å². The molecule has 7 N–H and O–H groups in total. The van der Waals surface area contributed by atoms with Crippen molar-refractivity contribution in [3.05, 3.63) is 53.3 Å². The van der Waals surface area contributed by atoms with Crippen molar-refractivity contribution >= 4 is 11.5 Å². The number of hydrazine groups is 1. The summed E-state index contributed by atoms with van der Waals surface area (Å²) in [6, 6.07) is 10.4. The van der Waals surface area contributed by atoms with Crippen LogP contribution in [0.2, 0.25) is 0 Å². The molecule has 162 valence electrons. The molecule has 30 heavy (non-hydrogen) atoms. The Hall–Kier alpha value is -2.55. The van der Waals surface area contributed by atoms with Gasteiger partial charge in [-0.1, -0.05) is 19.9 Å². The molecule has 0 aliphatic carbocycles. The van der Waals surface area contributed by atoms with Crippen molar-refractivity contribution in [2.75, 3.05) is 31.1 Å². The molecule has 0 saturated carbocycles. The van der Waals surface area contributed by atoms with Crippen LogP contribution < -0.4 is 22.3 Å². The summed E-state index contributed by atoms with van der Waals surface area (Å²) in [7, 11) is 0. The van der Waals surface area contributed by atoms with Crippen molar-refractivity contribution in [1.82, 2.24) is 15.1 Å². The van der Waals surface area contributed by atoms with Gasteiger partial charge in [0.1, 0.15) is 5.84 Å². The Morgan fingerprint density at radius 2 is 1.83 bits per heavy atom. The zero-order valence-electron chi connectivity index (χ0n) is 18.0. The van der Waals surface area contributed by atoms with E-state index in [1.807, 2.05) is 18.2 Å². The number of anilines is 1. The summed E-state index contributed by atoms with van der Waals surface area (Å²) in [6.45, 7) is 9.62. The number of aromatic nitrogens is 2. The molecule has 2 aliphatic rings. The molecular formula is C22H34N8. The molecule has 2 fully saturated rings. The first kappa shape index (κ1) is 22.1. The lowest BCUT2D eigenvalue weighted by atomic mass is 9.99. The van der Waals surface area contributed by atoms with E-state index in [1.54, 1.807) is 6.20 Å². The topological polar surface area (TPSA) is 134 Å². The van der Waals surface area contributed by atoms with E-state index in [1.165, 1.54) is 5.56 Å². The van der Waals surface area contributed by atoms with Gasteiger partial charge in [0.25, 0.3) is 0 Å². The van der Waals surface area contributed by atoms with Gasteiger partial charge in [0, 0.05) is 50.2 Å². The molecule has 8 heteroatoms. The molecule has 1 aromatic carbocycles. The Morgan fingerprint density at radius 3 is 2.40 bits per heavy atom. The molecule has 2 aromatic rings. The van der Waals surface area contributed by atoms with Gasteiger partial charge in [0.05, 0.1) is 5.69 Å². The Balaban J connectivity index is 0.00000124. The molecule has 0 radical (unpaired) electrons. The average molecular weight is 411 g/mol. The minimum absolute atomic E-state index is 0.160. The van der Waals surface area contributed by atoms with Crippen LogP contribution in [-0.2, 0) is 13.0 Å². The van der Waals surface area contributed by atoms with Crippen LogP contribution in [0.25, 0.3) is 0 Å². The summed E-state index contributed by atoms with van der Waals surface area (Å²) in [6.07, 6.45) is 2.78. The summed E-state index contributed by atoms with van der Waals surface area (Å²) in [4.78, 5) is 4.95. The minimum atomic E-state index is 0.160. The van der Waals surface area contributed by atoms with Crippen molar-refractivity contribution < 1.29 is 0 Å². The van der Waals surface area contributed by atoms with E-state index in [2.05, 4.69) is 57.7 Å². The van der Waals surface area contributed by atoms with Crippen LogP contribution in [0, 0.1) is 23.2 Å². The summed E-state index contributed by atoms with van der Waals surface area (Å²) >= 11 is 0. The molecule has 0 spiro atoms. The number of nitrogens with one attached hydrogen (secondary N) is 1. The molecule has 3 heterocycles. The van der Waals surface area contributed by atoms with Crippen molar-refractivity contribution in [2.24, 2.45) is 35.2 Å². The predicted molar refractivity (Wildman–Crippen MR) is 121 cm³/mol. The third-order valence-corrected chi connectivity index (χ3v) is 5.91. The fourth-order valence-electron chi connectivity index (χ4n) is 4.73. The molecule has 2 unspecified atom stereocenters. The summed E-state index contributed by atoms with van der Waals surface area (Å²) in [5.41, 5.74) is 10.3. The van der Waals surface area contributed by atoms with Gasteiger partial charge in [-0.2, -0.15) is 10.2 Å². The normalized spacial score (nSPS) is 20.8. The molecular weight excluding hydrogens is 376 g/mol. The second-order valence-electron chi connectivity index (χ2n) is 8.70. The second-order valence-corrected chi connectivity index (χ2v) is 8.70. The van der Waals surface area contributed by atoms with Gasteiger partial charge in [0.2, 0.25) is 0 Å². The van der Waals surface area contributed by atoms with E-state index in [9.17, 15) is 0 Å². The van der Waals surface area contributed by atoms with Crippen LogP contribution in [0.1, 0.15) is 30.7 Å². The first-order valence-electron chi connectivity index (χ1n) is 10.5. The second kappa shape index (κ2) is 9.97. The lowest BCUT2D eigenvalue weighted by molar-refractivity contribution is 0.304. The maximum Gasteiger partial charge on any atom is 0.124 e. The molecule has 2 aliphatic heterocycles. The Bertz CT molecular complexity index is 824. The lowest BCUT2D eigenvalue weighted by Gasteiger charge is -2.25. The highest BCUT2D eigenvalue weighted by Crippen LogP contribution is 2.36. The van der Waals surface area contributed by atoms with Crippen LogP contribution >= 0.6 is 0 Å². The first-order chi connectivity index (χ1) is 14.5. The number of hydrogen-bond donors (Lipinski definition) is 4. The number of amidine groups is 1. The van der Waals surface area contributed by atoms with Gasteiger partial charge in [-0.15, -0.1) is 0 Å². The quantitative estimate of drug-likeness (QED) is 0.244. The van der Waals surface area contributed by atoms with E-state index >= 15 is 0 Å². The van der Waals surface area contributed by atoms with E-state index in [0.29, 0.717) is 17.8 Å². The molecule has 0 bridgehead atoms. The molecule has 2 atom stereocenters. The Labute approximate surface area is 178 Å². The van der Waals surface area contributed by atoms with Crippen molar-refractivity contribution in [3.8, 4) is 0 Å². The highest BCUT2D eigenvalue weighted by molar-refractivity contribution is 6.00. The number of nitrogens with two attached hydrogens (primary N) is 3. The smallest absolute Gasteiger partial charge is 0.124 e. The number of hydrogen-bond acceptors (Lipinski definition) is 7. The Morgan fingerprint density at radius 1 is 1.13 bits per heavy atom. The SMILES string of the molecule is CC(C)Cc1ccc(C(=N)N)c(N2CC3CN(Cc4cccnn4)CC3C2)c1.NN. The average Bonchev–Trinajstić information content (AvgIpc) is 3.28. The monoisotopic (exact) mass is 410 g/mol. The van der Waals surface area contributed by atoms with Gasteiger partial charge in [-0.3, -0.25) is 22.0 Å². The largest absolute Gasteiger partial charge is 0.384 e. The van der Waals surface area contributed by atoms with Crippen molar-refractivity contribution in [1.29, 1.82) is 5.41 Å². The standard InChI is InChI=1S/C22H30N6.H4N2/c1-15(2)8-16-5-6-20(22(23)24)21(9-16)28-12-17-10-27(11-18(17)13-28)14-19-4-3-7-25-26-19;1-2/h3-7,9,15,17-18H,8,10-14H2,1-2H3,(H3,23,24);1-2H2. The maximum atomic E-state index is 8.00. The molecule has 0 amide bonds. The summed E-state index contributed by atoms with van der Waals surface area (Å²) in [5.74, 6) is 10.1. The molecule has 2 saturated heterocycles. The fraction of sp³-hybridized carbons (Fsp3) is 0.500. The summed E-state index contributed by atoms with van der Waals surface area (Å²) < 4.78 is 0. The number of likely N-dealkylation sites (tertiary alicyclic amines) is 1. The third-order valence-electron chi connectivity index (χ3n) is 5.91. The van der Waals surface area contributed by atoms with Crippen LogP contribution in [0.3, 0.4) is 0 Å². The van der Waals surface area contributed by atoms with Crippen LogP contribution in [-0.4, -0.2) is 47.1 Å². The van der Waals surface area contributed by atoms with Crippen molar-refractivity contribution in [2.45, 2.75) is 26.8 Å². The number of nitrogens with zero attached hydrogens (tertiary/aromatic N) is 4. The van der Waals surface area contributed by atoms with Crippen LogP contribution in [0.4, 0.5) is 5.69 Å². The van der Waals surface area contributed by atoms with Gasteiger partial charge >= 0.3 is 0 Å². The third kappa shape index (κ3) is 5.13. The van der Waals surface area contributed by atoms with Gasteiger partial charge in [-0.05, 0) is 54.0 Å². The number of fused-ring (bicyclic) bond motifs is 1. The highest BCUT2D eigenvalue weighted by Gasteiger charge is 2.40. The molecule has 1 aromatic heterocycles. The maximum absolute atomic E-state index is 8.00. The minimum Gasteiger partial charge on any atom is -0.384 e. The highest BCUT2D eigenvalue weighted by atomic mass is 15.2. The van der Waals surface area contributed by atoms with E-state index in [-0.39, 0.29) is 5.84 Å². The molecule has 4 rings (SSSR count). The fourth-order valence-corrected chi connectivity index (χ4v) is 4.73. The zero-order valence-corrected chi connectivity index (χ0v) is 18.0. The number of rotatable bonds is 6. The van der Waals surface area contributed by atoms with Gasteiger partial charge < -0.3 is 10.6 Å². The number of nitrogen functional groups attached to an aromatic ring is 1. The molecule has 8 nitrogen and oxygen atoms in total.